The zero-order valence-corrected chi connectivity index (χ0v) is 7.64. The van der Waals surface area contributed by atoms with Crippen LogP contribution in [0.3, 0.4) is 0 Å². The molecule has 1 fully saturated rings. The van der Waals surface area contributed by atoms with Crippen LogP contribution in [-0.4, -0.2) is 34.9 Å². The monoisotopic (exact) mass is 190 g/mol. The van der Waals surface area contributed by atoms with Crippen LogP contribution in [-0.2, 0) is 14.3 Å². The van der Waals surface area contributed by atoms with E-state index in [2.05, 4.69) is 4.74 Å². The second-order valence-electron chi connectivity index (χ2n) is 3.38. The van der Waals surface area contributed by atoms with E-state index in [0.717, 1.165) is 0 Å². The van der Waals surface area contributed by atoms with Crippen LogP contribution in [0, 0.1) is 5.92 Å². The van der Waals surface area contributed by atoms with Gasteiger partial charge in [0.1, 0.15) is 0 Å². The van der Waals surface area contributed by atoms with E-state index >= 15 is 0 Å². The zero-order chi connectivity index (χ0) is 10.1. The Bertz CT molecular complexity index is 181. The average molecular weight is 190 g/mol. The summed E-state index contributed by atoms with van der Waals surface area (Å²) < 4.78 is 9.39. The molecule has 1 aliphatic rings. The number of carbonyl (C=O) groups is 1. The van der Waals surface area contributed by atoms with Crippen LogP contribution in [0.2, 0.25) is 0 Å². The molecular formula is C8H14O5. The molecule has 0 amide bonds. The second kappa shape index (κ2) is 3.61. The lowest BCUT2D eigenvalue weighted by Gasteiger charge is -2.39. The minimum absolute atomic E-state index is 0.0875. The standard InChI is InChI=1S/C8H14O5/c1-5-6(2)13-8(11,12-4-9)3-7(5)10/h4-7,10-11H,3H2,1-2H3. The van der Waals surface area contributed by atoms with Crippen LogP contribution in [0.5, 0.6) is 0 Å². The minimum atomic E-state index is -1.97. The van der Waals surface area contributed by atoms with Gasteiger partial charge in [-0.1, -0.05) is 6.92 Å². The molecule has 76 valence electrons. The number of hydrogen-bond acceptors (Lipinski definition) is 5. The lowest BCUT2D eigenvalue weighted by Crippen LogP contribution is -2.51. The highest BCUT2D eigenvalue weighted by atomic mass is 16.8. The Labute approximate surface area is 76.3 Å². The van der Waals surface area contributed by atoms with Crippen molar-refractivity contribution in [3.8, 4) is 0 Å². The molecule has 0 aliphatic carbocycles. The zero-order valence-electron chi connectivity index (χ0n) is 7.64. The van der Waals surface area contributed by atoms with E-state index in [9.17, 15) is 15.0 Å². The number of aliphatic hydroxyl groups excluding tert-OH is 1. The van der Waals surface area contributed by atoms with E-state index in [1.54, 1.807) is 13.8 Å². The summed E-state index contributed by atoms with van der Waals surface area (Å²) in [6, 6.07) is 0. The second-order valence-corrected chi connectivity index (χ2v) is 3.38. The summed E-state index contributed by atoms with van der Waals surface area (Å²) in [6.07, 6.45) is -1.19. The highest BCUT2D eigenvalue weighted by molar-refractivity contribution is 5.37. The van der Waals surface area contributed by atoms with E-state index in [0.29, 0.717) is 0 Å². The van der Waals surface area contributed by atoms with Crippen molar-refractivity contribution in [2.24, 2.45) is 5.92 Å². The van der Waals surface area contributed by atoms with Gasteiger partial charge in [-0.3, -0.25) is 4.79 Å². The van der Waals surface area contributed by atoms with E-state index < -0.39 is 12.1 Å². The Morgan fingerprint density at radius 3 is 2.69 bits per heavy atom. The van der Waals surface area contributed by atoms with Crippen molar-refractivity contribution < 1.29 is 24.5 Å². The molecule has 1 aliphatic heterocycles. The molecule has 0 aromatic carbocycles. The quantitative estimate of drug-likeness (QED) is 0.458. The summed E-state index contributed by atoms with van der Waals surface area (Å²) in [5, 5.41) is 19.0. The first-order valence-corrected chi connectivity index (χ1v) is 4.18. The van der Waals surface area contributed by atoms with Crippen molar-refractivity contribution >= 4 is 6.47 Å². The number of aliphatic hydroxyl groups is 2. The molecule has 2 N–H and O–H groups in total. The van der Waals surface area contributed by atoms with Crippen LogP contribution in [0.25, 0.3) is 0 Å². The number of rotatable bonds is 2. The molecule has 0 saturated carbocycles. The third kappa shape index (κ3) is 2.18. The minimum Gasteiger partial charge on any atom is -0.410 e. The molecule has 0 radical (unpaired) electrons. The predicted octanol–water partition coefficient (Wildman–Crippen LogP) is -0.389. The van der Waals surface area contributed by atoms with Gasteiger partial charge in [0.15, 0.2) is 0 Å². The predicted molar refractivity (Wildman–Crippen MR) is 42.4 cm³/mol. The van der Waals surface area contributed by atoms with Gasteiger partial charge in [-0.25, -0.2) is 0 Å². The molecule has 4 unspecified atom stereocenters. The van der Waals surface area contributed by atoms with Crippen LogP contribution < -0.4 is 0 Å². The van der Waals surface area contributed by atoms with E-state index in [4.69, 9.17) is 4.74 Å². The van der Waals surface area contributed by atoms with Crippen molar-refractivity contribution in [3.05, 3.63) is 0 Å². The maximum atomic E-state index is 10.0. The third-order valence-corrected chi connectivity index (χ3v) is 2.42. The van der Waals surface area contributed by atoms with Crippen LogP contribution in [0.1, 0.15) is 20.3 Å². The summed E-state index contributed by atoms with van der Waals surface area (Å²) >= 11 is 0. The fourth-order valence-corrected chi connectivity index (χ4v) is 1.36. The van der Waals surface area contributed by atoms with E-state index in [1.165, 1.54) is 0 Å². The fraction of sp³-hybridized carbons (Fsp3) is 0.875. The molecule has 0 bridgehead atoms. The summed E-state index contributed by atoms with van der Waals surface area (Å²) in [4.78, 5) is 10.0. The van der Waals surface area contributed by atoms with Crippen LogP contribution in [0.4, 0.5) is 0 Å². The summed E-state index contributed by atoms with van der Waals surface area (Å²) in [7, 11) is 0. The Morgan fingerprint density at radius 2 is 2.23 bits per heavy atom. The van der Waals surface area contributed by atoms with Crippen molar-refractivity contribution in [1.29, 1.82) is 0 Å². The molecule has 1 rings (SSSR count). The fourth-order valence-electron chi connectivity index (χ4n) is 1.36. The van der Waals surface area contributed by atoms with Gasteiger partial charge >= 0.3 is 5.97 Å². The Kier molecular flexibility index (Phi) is 2.90. The van der Waals surface area contributed by atoms with Crippen molar-refractivity contribution in [2.75, 3.05) is 0 Å². The van der Waals surface area contributed by atoms with Crippen LogP contribution >= 0.6 is 0 Å². The first kappa shape index (κ1) is 10.4. The largest absolute Gasteiger partial charge is 0.410 e. The molecule has 0 spiro atoms. The van der Waals surface area contributed by atoms with Gasteiger partial charge in [0.2, 0.25) is 0 Å². The van der Waals surface area contributed by atoms with Crippen molar-refractivity contribution in [2.45, 2.75) is 38.4 Å². The Hall–Kier alpha value is -0.650. The average Bonchev–Trinajstić information content (AvgIpc) is 2.00. The summed E-state index contributed by atoms with van der Waals surface area (Å²) in [6.45, 7) is 3.61. The number of carbonyl (C=O) groups excluding carboxylic acids is 1. The van der Waals surface area contributed by atoms with Gasteiger partial charge in [-0.05, 0) is 6.92 Å². The van der Waals surface area contributed by atoms with E-state index in [-0.39, 0.29) is 24.9 Å². The summed E-state index contributed by atoms with van der Waals surface area (Å²) in [5.74, 6) is -2.05. The SMILES string of the molecule is CC1OC(O)(OC=O)CC(O)C1C. The maximum absolute atomic E-state index is 10.0. The number of ether oxygens (including phenoxy) is 2. The van der Waals surface area contributed by atoms with Crippen molar-refractivity contribution in [3.63, 3.8) is 0 Å². The van der Waals surface area contributed by atoms with E-state index in [1.807, 2.05) is 0 Å². The summed E-state index contributed by atoms with van der Waals surface area (Å²) in [5.41, 5.74) is 0. The highest BCUT2D eigenvalue weighted by Crippen LogP contribution is 2.31. The normalized spacial score (nSPS) is 45.7. The smallest absolute Gasteiger partial charge is 0.329 e. The highest BCUT2D eigenvalue weighted by Gasteiger charge is 2.44. The Balaban J connectivity index is 2.66. The maximum Gasteiger partial charge on any atom is 0.329 e. The van der Waals surface area contributed by atoms with Gasteiger partial charge in [-0.15, -0.1) is 0 Å². The molecule has 0 aromatic heterocycles. The Morgan fingerprint density at radius 1 is 1.62 bits per heavy atom. The lowest BCUT2D eigenvalue weighted by atomic mass is 9.93. The van der Waals surface area contributed by atoms with Gasteiger partial charge in [0.05, 0.1) is 18.6 Å². The van der Waals surface area contributed by atoms with Gasteiger partial charge in [-0.2, -0.15) is 0 Å². The number of hydrogen-bond donors (Lipinski definition) is 2. The van der Waals surface area contributed by atoms with Crippen molar-refractivity contribution in [1.82, 2.24) is 0 Å². The lowest BCUT2D eigenvalue weighted by molar-refractivity contribution is -0.385. The first-order valence-electron chi connectivity index (χ1n) is 4.18. The molecule has 0 aromatic rings. The van der Waals surface area contributed by atoms with Gasteiger partial charge < -0.3 is 19.7 Å². The molecule has 5 nitrogen and oxygen atoms in total. The molecule has 5 heteroatoms. The van der Waals surface area contributed by atoms with Gasteiger partial charge in [0, 0.05) is 5.92 Å². The molecule has 1 heterocycles. The molecule has 4 atom stereocenters. The third-order valence-electron chi connectivity index (χ3n) is 2.42. The topological polar surface area (TPSA) is 76.0 Å². The van der Waals surface area contributed by atoms with Gasteiger partial charge in [0.25, 0.3) is 6.47 Å². The molecule has 13 heavy (non-hydrogen) atoms. The van der Waals surface area contributed by atoms with Crippen LogP contribution in [0.15, 0.2) is 0 Å². The molecular weight excluding hydrogens is 176 g/mol. The first-order chi connectivity index (χ1) is 5.98. The molecule has 1 saturated heterocycles.